The topological polar surface area (TPSA) is 55.7 Å². The van der Waals surface area contributed by atoms with Gasteiger partial charge in [-0.2, -0.15) is 0 Å². The normalized spacial score (nSPS) is 14.1. The van der Waals surface area contributed by atoms with Crippen molar-refractivity contribution in [1.82, 2.24) is 4.90 Å². The number of nitrogens with zero attached hydrogens (tertiary/aromatic N) is 3. The molecule has 0 unspecified atom stereocenters. The second-order valence-corrected chi connectivity index (χ2v) is 6.42. The van der Waals surface area contributed by atoms with Crippen LogP contribution in [0.1, 0.15) is 11.1 Å². The van der Waals surface area contributed by atoms with Crippen LogP contribution in [0.15, 0.2) is 58.5 Å². The molecule has 1 heterocycles. The number of rotatable bonds is 5. The molecule has 0 saturated carbocycles. The first-order valence-corrected chi connectivity index (χ1v) is 8.90. The molecule has 0 atom stereocenters. The predicted octanol–water partition coefficient (Wildman–Crippen LogP) is 3.28. The first-order chi connectivity index (χ1) is 13.2. The van der Waals surface area contributed by atoms with Crippen LogP contribution in [0.4, 0.5) is 5.69 Å². The van der Waals surface area contributed by atoms with Crippen LogP contribution in [0.5, 0.6) is 5.75 Å². The zero-order valence-corrected chi connectivity index (χ0v) is 16.0. The van der Waals surface area contributed by atoms with Crippen molar-refractivity contribution < 1.29 is 14.2 Å². The lowest BCUT2D eigenvalue weighted by Gasteiger charge is -2.12. The standard InChI is InChI=1S/C21H25N3O3/c1-24(2)12-13-26-20-14-22-21(16-8-10-18(25-3)11-9-16)27-15-17-6-4-5-7-19(17)23-20/h4-11H,12-15H2,1-3H3. The minimum Gasteiger partial charge on any atom is -0.497 e. The summed E-state index contributed by atoms with van der Waals surface area (Å²) in [5, 5.41) is 0. The third-order valence-corrected chi connectivity index (χ3v) is 4.10. The molecule has 142 valence electrons. The van der Waals surface area contributed by atoms with Gasteiger partial charge < -0.3 is 19.1 Å². The summed E-state index contributed by atoms with van der Waals surface area (Å²) >= 11 is 0. The second-order valence-electron chi connectivity index (χ2n) is 6.42. The summed E-state index contributed by atoms with van der Waals surface area (Å²) in [6.45, 7) is 2.09. The Hall–Kier alpha value is -2.86. The molecule has 0 spiro atoms. The lowest BCUT2D eigenvalue weighted by molar-refractivity contribution is 0.248. The van der Waals surface area contributed by atoms with Gasteiger partial charge in [0.15, 0.2) is 0 Å². The second kappa shape index (κ2) is 9.19. The minimum atomic E-state index is 0.323. The highest BCUT2D eigenvalue weighted by atomic mass is 16.5. The van der Waals surface area contributed by atoms with E-state index in [1.54, 1.807) is 7.11 Å². The average Bonchev–Trinajstić information content (AvgIpc) is 2.77. The van der Waals surface area contributed by atoms with E-state index in [4.69, 9.17) is 14.2 Å². The van der Waals surface area contributed by atoms with E-state index in [9.17, 15) is 0 Å². The first kappa shape index (κ1) is 18.9. The smallest absolute Gasteiger partial charge is 0.216 e. The maximum absolute atomic E-state index is 6.01. The predicted molar refractivity (Wildman–Crippen MR) is 107 cm³/mol. The maximum atomic E-state index is 6.01. The van der Waals surface area contributed by atoms with Crippen molar-refractivity contribution in [2.24, 2.45) is 9.98 Å². The zero-order valence-electron chi connectivity index (χ0n) is 16.0. The fraction of sp³-hybridized carbons (Fsp3) is 0.333. The number of likely N-dealkylation sites (N-methyl/N-ethyl adjacent to an activating group) is 1. The molecule has 0 radical (unpaired) electrons. The van der Waals surface area contributed by atoms with E-state index in [1.165, 1.54) is 0 Å². The molecular weight excluding hydrogens is 342 g/mol. The van der Waals surface area contributed by atoms with E-state index >= 15 is 0 Å². The average molecular weight is 367 g/mol. The van der Waals surface area contributed by atoms with Crippen LogP contribution in [0.25, 0.3) is 0 Å². The van der Waals surface area contributed by atoms with Crippen molar-refractivity contribution in [3.8, 4) is 5.75 Å². The highest BCUT2D eigenvalue weighted by Crippen LogP contribution is 2.22. The van der Waals surface area contributed by atoms with E-state index in [-0.39, 0.29) is 0 Å². The van der Waals surface area contributed by atoms with E-state index in [2.05, 4.69) is 14.9 Å². The molecule has 1 aliphatic heterocycles. The molecule has 2 aromatic carbocycles. The van der Waals surface area contributed by atoms with Crippen LogP contribution < -0.4 is 4.74 Å². The number of hydrogen-bond donors (Lipinski definition) is 0. The van der Waals surface area contributed by atoms with E-state index in [0.717, 1.165) is 29.1 Å². The first-order valence-electron chi connectivity index (χ1n) is 8.90. The Balaban J connectivity index is 1.86. The number of hydrogen-bond acceptors (Lipinski definition) is 6. The van der Waals surface area contributed by atoms with Crippen molar-refractivity contribution in [3.63, 3.8) is 0 Å². The van der Waals surface area contributed by atoms with Crippen LogP contribution in [0.2, 0.25) is 0 Å². The Labute approximate surface area is 160 Å². The molecule has 6 nitrogen and oxygen atoms in total. The summed E-state index contributed by atoms with van der Waals surface area (Å²) in [6, 6.07) is 15.6. The number of ether oxygens (including phenoxy) is 3. The van der Waals surface area contributed by atoms with Crippen molar-refractivity contribution in [2.75, 3.05) is 40.9 Å². The minimum absolute atomic E-state index is 0.323. The van der Waals surface area contributed by atoms with E-state index in [0.29, 0.717) is 31.6 Å². The van der Waals surface area contributed by atoms with Crippen molar-refractivity contribution in [3.05, 3.63) is 59.7 Å². The molecule has 0 amide bonds. The molecule has 27 heavy (non-hydrogen) atoms. The third-order valence-electron chi connectivity index (χ3n) is 4.10. The van der Waals surface area contributed by atoms with E-state index < -0.39 is 0 Å². The Morgan fingerprint density at radius 1 is 1.07 bits per heavy atom. The summed E-state index contributed by atoms with van der Waals surface area (Å²) in [5.74, 6) is 1.95. The Kier molecular flexibility index (Phi) is 6.44. The summed E-state index contributed by atoms with van der Waals surface area (Å²) in [7, 11) is 5.67. The van der Waals surface area contributed by atoms with Gasteiger partial charge in [0.2, 0.25) is 11.8 Å². The number of methoxy groups -OCH3 is 1. The molecule has 0 fully saturated rings. The van der Waals surface area contributed by atoms with Gasteiger partial charge in [0.25, 0.3) is 0 Å². The monoisotopic (exact) mass is 367 g/mol. The Bertz CT molecular complexity index is 814. The lowest BCUT2D eigenvalue weighted by atomic mass is 10.2. The number of fused-ring (bicyclic) bond motifs is 1. The van der Waals surface area contributed by atoms with Gasteiger partial charge in [-0.1, -0.05) is 18.2 Å². The van der Waals surface area contributed by atoms with Gasteiger partial charge in [-0.3, -0.25) is 0 Å². The van der Waals surface area contributed by atoms with Crippen molar-refractivity contribution >= 4 is 17.5 Å². The summed E-state index contributed by atoms with van der Waals surface area (Å²) < 4.78 is 17.1. The summed E-state index contributed by atoms with van der Waals surface area (Å²) in [5.41, 5.74) is 2.74. The molecule has 0 aromatic heterocycles. The van der Waals surface area contributed by atoms with Gasteiger partial charge in [-0.05, 0) is 44.4 Å². The van der Waals surface area contributed by atoms with Crippen LogP contribution in [0, 0.1) is 0 Å². The van der Waals surface area contributed by atoms with Gasteiger partial charge in [-0.15, -0.1) is 0 Å². The molecule has 1 aliphatic rings. The zero-order chi connectivity index (χ0) is 19.1. The molecule has 0 N–H and O–H groups in total. The van der Waals surface area contributed by atoms with Gasteiger partial charge in [0, 0.05) is 17.7 Å². The van der Waals surface area contributed by atoms with Gasteiger partial charge in [0.1, 0.15) is 25.5 Å². The maximum Gasteiger partial charge on any atom is 0.216 e. The number of benzene rings is 2. The largest absolute Gasteiger partial charge is 0.497 e. The number of aliphatic imine (C=N–C) groups is 2. The van der Waals surface area contributed by atoms with Crippen LogP contribution >= 0.6 is 0 Å². The molecule has 0 aliphatic carbocycles. The lowest BCUT2D eigenvalue weighted by Crippen LogP contribution is -2.21. The Morgan fingerprint density at radius 2 is 1.85 bits per heavy atom. The van der Waals surface area contributed by atoms with Crippen LogP contribution in [0.3, 0.4) is 0 Å². The van der Waals surface area contributed by atoms with Crippen LogP contribution in [-0.4, -0.2) is 57.6 Å². The van der Waals surface area contributed by atoms with Gasteiger partial charge in [0.05, 0.1) is 12.8 Å². The summed E-state index contributed by atoms with van der Waals surface area (Å²) in [6.07, 6.45) is 0. The number of para-hydroxylation sites is 1. The van der Waals surface area contributed by atoms with Gasteiger partial charge >= 0.3 is 0 Å². The van der Waals surface area contributed by atoms with Gasteiger partial charge in [-0.25, -0.2) is 9.98 Å². The molecule has 6 heteroatoms. The third kappa shape index (κ3) is 5.31. The fourth-order valence-electron chi connectivity index (χ4n) is 2.58. The molecule has 2 aromatic rings. The quantitative estimate of drug-likeness (QED) is 0.814. The van der Waals surface area contributed by atoms with Crippen molar-refractivity contribution in [1.29, 1.82) is 0 Å². The summed E-state index contributed by atoms with van der Waals surface area (Å²) in [4.78, 5) is 11.4. The fourth-order valence-corrected chi connectivity index (χ4v) is 2.58. The van der Waals surface area contributed by atoms with Crippen LogP contribution in [-0.2, 0) is 16.1 Å². The molecule has 3 rings (SSSR count). The van der Waals surface area contributed by atoms with E-state index in [1.807, 2.05) is 62.6 Å². The molecule has 0 saturated heterocycles. The Morgan fingerprint density at radius 3 is 2.59 bits per heavy atom. The van der Waals surface area contributed by atoms with Crippen molar-refractivity contribution in [2.45, 2.75) is 6.61 Å². The molecule has 0 bridgehead atoms. The SMILES string of the molecule is COc1ccc(C2=NCC(OCCN(C)C)=Nc3ccccc3CO2)cc1. The molecular formula is C21H25N3O3. The highest BCUT2D eigenvalue weighted by molar-refractivity contribution is 5.96. The highest BCUT2D eigenvalue weighted by Gasteiger charge is 2.13.